The van der Waals surface area contributed by atoms with Gasteiger partial charge in [0.2, 0.25) is 11.7 Å². The van der Waals surface area contributed by atoms with Crippen molar-refractivity contribution in [1.82, 2.24) is 0 Å². The number of methoxy groups -OCH3 is 5. The zero-order valence-electron chi connectivity index (χ0n) is 20.8. The van der Waals surface area contributed by atoms with E-state index in [1.807, 2.05) is 30.3 Å². The number of hydrogen-bond donors (Lipinski definition) is 2. The quantitative estimate of drug-likeness (QED) is 0.295. The molecule has 0 aromatic heterocycles. The summed E-state index contributed by atoms with van der Waals surface area (Å²) in [6.07, 6.45) is 6.63. The van der Waals surface area contributed by atoms with E-state index >= 15 is 0 Å². The molecule has 0 bridgehead atoms. The summed E-state index contributed by atoms with van der Waals surface area (Å²) < 4.78 is 26.9. The van der Waals surface area contributed by atoms with Gasteiger partial charge in [-0.25, -0.2) is 0 Å². The molecule has 0 aliphatic carbocycles. The standard InChI is InChI=1S/C28H29NO7/c1-32-22-9-7-6-8-19(22)13-15-25(31)29-26-20(12-14-21(30)27(26)35-4)11-10-18-16-23(33-2)28(36-5)24(17-18)34-3/h6-17,30H,1-5H3,(H,29,31)/b11-10+,15-13+. The molecule has 0 aliphatic rings. The van der Waals surface area contributed by atoms with Gasteiger partial charge >= 0.3 is 0 Å². The SMILES string of the molecule is COc1ccccc1/C=C/C(=O)Nc1c(/C=C/c2cc(OC)c(OC)c(OC)c2)ccc(O)c1OC. The van der Waals surface area contributed by atoms with Crippen LogP contribution in [0.15, 0.2) is 54.6 Å². The molecule has 0 aliphatic heterocycles. The molecule has 0 saturated carbocycles. The van der Waals surface area contributed by atoms with Crippen molar-refractivity contribution in [3.05, 3.63) is 71.3 Å². The van der Waals surface area contributed by atoms with Crippen molar-refractivity contribution in [2.24, 2.45) is 0 Å². The lowest BCUT2D eigenvalue weighted by atomic mass is 10.1. The van der Waals surface area contributed by atoms with Crippen LogP contribution in [-0.2, 0) is 4.79 Å². The summed E-state index contributed by atoms with van der Waals surface area (Å²) >= 11 is 0. The Labute approximate surface area is 210 Å². The fourth-order valence-corrected chi connectivity index (χ4v) is 3.58. The van der Waals surface area contributed by atoms with Crippen molar-refractivity contribution >= 4 is 29.8 Å². The zero-order valence-corrected chi connectivity index (χ0v) is 20.8. The lowest BCUT2D eigenvalue weighted by Crippen LogP contribution is -2.10. The topological polar surface area (TPSA) is 95.5 Å². The molecular weight excluding hydrogens is 462 g/mol. The number of rotatable bonds is 10. The number of nitrogens with one attached hydrogen (secondary N) is 1. The van der Waals surface area contributed by atoms with Crippen LogP contribution in [0.2, 0.25) is 0 Å². The lowest BCUT2D eigenvalue weighted by molar-refractivity contribution is -0.111. The average molecular weight is 492 g/mol. The predicted molar refractivity (Wildman–Crippen MR) is 140 cm³/mol. The van der Waals surface area contributed by atoms with Crippen molar-refractivity contribution in [3.8, 4) is 34.5 Å². The number of phenols is 1. The third-order valence-corrected chi connectivity index (χ3v) is 5.32. The smallest absolute Gasteiger partial charge is 0.248 e. The molecule has 0 heterocycles. The van der Waals surface area contributed by atoms with Crippen LogP contribution in [-0.4, -0.2) is 46.6 Å². The first-order chi connectivity index (χ1) is 17.4. The fraction of sp³-hybridized carbons (Fsp3) is 0.179. The Balaban J connectivity index is 1.94. The normalized spacial score (nSPS) is 10.9. The van der Waals surface area contributed by atoms with Gasteiger partial charge < -0.3 is 34.1 Å². The number of amides is 1. The molecule has 36 heavy (non-hydrogen) atoms. The van der Waals surface area contributed by atoms with Gasteiger partial charge in [-0.15, -0.1) is 0 Å². The Morgan fingerprint density at radius 1 is 0.722 bits per heavy atom. The summed E-state index contributed by atoms with van der Waals surface area (Å²) in [6.45, 7) is 0. The Hall–Kier alpha value is -4.59. The van der Waals surface area contributed by atoms with Crippen LogP contribution in [0.5, 0.6) is 34.5 Å². The molecule has 0 unspecified atom stereocenters. The molecule has 2 N–H and O–H groups in total. The monoisotopic (exact) mass is 491 g/mol. The molecule has 0 fully saturated rings. The molecule has 1 amide bonds. The summed E-state index contributed by atoms with van der Waals surface area (Å²) in [5.74, 6) is 1.77. The number of aromatic hydroxyl groups is 1. The zero-order chi connectivity index (χ0) is 26.1. The second-order valence-corrected chi connectivity index (χ2v) is 7.44. The molecule has 188 valence electrons. The van der Waals surface area contributed by atoms with Gasteiger partial charge in [-0.3, -0.25) is 4.79 Å². The van der Waals surface area contributed by atoms with Crippen molar-refractivity contribution in [2.45, 2.75) is 0 Å². The highest BCUT2D eigenvalue weighted by Crippen LogP contribution is 2.40. The minimum absolute atomic E-state index is 0.105. The van der Waals surface area contributed by atoms with Crippen LogP contribution in [0.3, 0.4) is 0 Å². The molecule has 3 rings (SSSR count). The van der Waals surface area contributed by atoms with Crippen LogP contribution >= 0.6 is 0 Å². The van der Waals surface area contributed by atoms with Gasteiger partial charge in [0, 0.05) is 17.2 Å². The van der Waals surface area contributed by atoms with E-state index in [0.29, 0.717) is 34.2 Å². The number of carbonyl (C=O) groups excluding carboxylic acids is 1. The average Bonchev–Trinajstić information content (AvgIpc) is 2.91. The minimum Gasteiger partial charge on any atom is -0.504 e. The van der Waals surface area contributed by atoms with Gasteiger partial charge in [0.1, 0.15) is 5.75 Å². The van der Waals surface area contributed by atoms with Crippen LogP contribution in [0.4, 0.5) is 5.69 Å². The third kappa shape index (κ3) is 5.90. The Morgan fingerprint density at radius 3 is 1.97 bits per heavy atom. The molecule has 0 atom stereocenters. The largest absolute Gasteiger partial charge is 0.504 e. The maximum absolute atomic E-state index is 12.8. The highest BCUT2D eigenvalue weighted by molar-refractivity contribution is 6.05. The van der Waals surface area contributed by atoms with Gasteiger partial charge in [-0.05, 0) is 42.0 Å². The molecule has 3 aromatic rings. The molecule has 0 spiro atoms. The number of para-hydroxylation sites is 1. The first-order valence-electron chi connectivity index (χ1n) is 11.0. The molecule has 0 saturated heterocycles. The Kier molecular flexibility index (Phi) is 8.83. The van der Waals surface area contributed by atoms with Gasteiger partial charge in [-0.2, -0.15) is 0 Å². The van der Waals surface area contributed by atoms with E-state index in [1.54, 1.807) is 51.7 Å². The van der Waals surface area contributed by atoms with Crippen molar-refractivity contribution in [3.63, 3.8) is 0 Å². The Morgan fingerprint density at radius 2 is 1.36 bits per heavy atom. The number of carbonyl (C=O) groups is 1. The van der Waals surface area contributed by atoms with Crippen LogP contribution in [0.1, 0.15) is 16.7 Å². The minimum atomic E-state index is -0.410. The summed E-state index contributed by atoms with van der Waals surface area (Å²) in [5, 5.41) is 13.1. The van der Waals surface area contributed by atoms with Gasteiger partial charge in [0.15, 0.2) is 23.0 Å². The van der Waals surface area contributed by atoms with E-state index in [0.717, 1.165) is 11.1 Å². The first-order valence-corrected chi connectivity index (χ1v) is 11.0. The highest BCUT2D eigenvalue weighted by Gasteiger charge is 2.16. The van der Waals surface area contributed by atoms with Crippen LogP contribution in [0, 0.1) is 0 Å². The van der Waals surface area contributed by atoms with Crippen molar-refractivity contribution < 1.29 is 33.6 Å². The molecular formula is C28H29NO7. The summed E-state index contributed by atoms with van der Waals surface area (Å²) in [4.78, 5) is 12.8. The van der Waals surface area contributed by atoms with E-state index < -0.39 is 5.91 Å². The lowest BCUT2D eigenvalue weighted by Gasteiger charge is -2.14. The van der Waals surface area contributed by atoms with Gasteiger partial charge in [0.05, 0.1) is 41.2 Å². The number of phenolic OH excluding ortho intramolecular Hbond substituents is 1. The second kappa shape index (κ2) is 12.2. The highest BCUT2D eigenvalue weighted by atomic mass is 16.5. The van der Waals surface area contributed by atoms with Crippen LogP contribution < -0.4 is 29.0 Å². The second-order valence-electron chi connectivity index (χ2n) is 7.44. The predicted octanol–water partition coefficient (Wildman–Crippen LogP) is 5.26. The van der Waals surface area contributed by atoms with Crippen molar-refractivity contribution in [2.75, 3.05) is 40.9 Å². The van der Waals surface area contributed by atoms with Crippen molar-refractivity contribution in [1.29, 1.82) is 0 Å². The number of ether oxygens (including phenoxy) is 5. The van der Waals surface area contributed by atoms with E-state index in [2.05, 4.69) is 5.32 Å². The van der Waals surface area contributed by atoms with E-state index in [1.165, 1.54) is 26.4 Å². The Bertz CT molecular complexity index is 1260. The first kappa shape index (κ1) is 26.0. The molecule has 8 nitrogen and oxygen atoms in total. The van der Waals surface area contributed by atoms with E-state index in [4.69, 9.17) is 23.7 Å². The summed E-state index contributed by atoms with van der Waals surface area (Å²) in [5.41, 5.74) is 2.44. The van der Waals surface area contributed by atoms with Gasteiger partial charge in [-0.1, -0.05) is 30.4 Å². The van der Waals surface area contributed by atoms with E-state index in [9.17, 15) is 9.90 Å². The summed E-state index contributed by atoms with van der Waals surface area (Å²) in [7, 11) is 7.61. The summed E-state index contributed by atoms with van der Waals surface area (Å²) in [6, 6.07) is 14.1. The number of benzene rings is 3. The molecule has 8 heteroatoms. The van der Waals surface area contributed by atoms with E-state index in [-0.39, 0.29) is 11.5 Å². The third-order valence-electron chi connectivity index (χ3n) is 5.32. The number of anilines is 1. The fourth-order valence-electron chi connectivity index (χ4n) is 3.58. The number of hydrogen-bond acceptors (Lipinski definition) is 7. The molecule has 0 radical (unpaired) electrons. The van der Waals surface area contributed by atoms with Crippen LogP contribution in [0.25, 0.3) is 18.2 Å². The molecule has 3 aromatic carbocycles. The van der Waals surface area contributed by atoms with Gasteiger partial charge in [0.25, 0.3) is 0 Å². The maximum atomic E-state index is 12.8. The maximum Gasteiger partial charge on any atom is 0.248 e.